The Bertz CT molecular complexity index is 830. The summed E-state index contributed by atoms with van der Waals surface area (Å²) in [5.41, 5.74) is 2.03. The van der Waals surface area contributed by atoms with E-state index in [0.29, 0.717) is 6.54 Å². The van der Waals surface area contributed by atoms with Crippen LogP contribution in [0.3, 0.4) is 0 Å². The summed E-state index contributed by atoms with van der Waals surface area (Å²) < 4.78 is 24.7. The highest BCUT2D eigenvalue weighted by Crippen LogP contribution is 2.13. The fourth-order valence-corrected chi connectivity index (χ4v) is 3.55. The Morgan fingerprint density at radius 2 is 1.58 bits per heavy atom. The molecule has 0 aliphatic rings. The second kappa shape index (κ2) is 9.34. The first-order valence-corrected chi connectivity index (χ1v) is 10.4. The lowest BCUT2D eigenvalue weighted by atomic mass is 10.0. The van der Waals surface area contributed by atoms with Gasteiger partial charge < -0.3 is 5.32 Å². The fraction of sp³-hybridized carbons (Fsp3) is 0.286. The molecule has 1 amide bonds. The van der Waals surface area contributed by atoms with Crippen LogP contribution in [0.25, 0.3) is 6.08 Å². The topological polar surface area (TPSA) is 63.2 Å². The maximum Gasteiger partial charge on any atom is 0.238 e. The van der Waals surface area contributed by atoms with Gasteiger partial charge in [0.25, 0.3) is 0 Å². The molecule has 4 nitrogen and oxygen atoms in total. The molecule has 0 spiro atoms. The van der Waals surface area contributed by atoms with E-state index in [1.807, 2.05) is 67.6 Å². The molecule has 0 fully saturated rings. The number of benzene rings is 2. The SMILES string of the molecule is CC(CNC(=O)C(C)S(=O)(=O)CC=Cc1ccccc1)c1ccccc1. The average Bonchev–Trinajstić information content (AvgIpc) is 2.66. The van der Waals surface area contributed by atoms with Crippen LogP contribution in [-0.4, -0.2) is 31.9 Å². The van der Waals surface area contributed by atoms with E-state index >= 15 is 0 Å². The third-order valence-electron chi connectivity index (χ3n) is 4.30. The molecule has 0 saturated heterocycles. The molecule has 26 heavy (non-hydrogen) atoms. The van der Waals surface area contributed by atoms with Crippen molar-refractivity contribution in [3.8, 4) is 0 Å². The lowest BCUT2D eigenvalue weighted by Gasteiger charge is -2.16. The molecule has 138 valence electrons. The van der Waals surface area contributed by atoms with E-state index in [2.05, 4.69) is 5.32 Å². The van der Waals surface area contributed by atoms with Crippen molar-refractivity contribution in [2.24, 2.45) is 0 Å². The molecule has 5 heteroatoms. The van der Waals surface area contributed by atoms with Crippen molar-refractivity contribution in [3.05, 3.63) is 77.9 Å². The van der Waals surface area contributed by atoms with Crippen molar-refractivity contribution in [2.45, 2.75) is 25.0 Å². The Labute approximate surface area is 155 Å². The van der Waals surface area contributed by atoms with E-state index in [1.165, 1.54) is 6.92 Å². The minimum absolute atomic E-state index is 0.119. The molecule has 0 radical (unpaired) electrons. The maximum absolute atomic E-state index is 12.4. The summed E-state index contributed by atoms with van der Waals surface area (Å²) in [6.07, 6.45) is 3.33. The van der Waals surface area contributed by atoms with Gasteiger partial charge in [0.05, 0.1) is 5.75 Å². The average molecular weight is 372 g/mol. The van der Waals surface area contributed by atoms with Crippen LogP contribution in [0.2, 0.25) is 0 Å². The minimum Gasteiger partial charge on any atom is -0.354 e. The summed E-state index contributed by atoms with van der Waals surface area (Å²) in [6.45, 7) is 3.84. The molecular formula is C21H25NO3S. The van der Waals surface area contributed by atoms with Crippen molar-refractivity contribution < 1.29 is 13.2 Å². The van der Waals surface area contributed by atoms with E-state index in [1.54, 1.807) is 12.2 Å². The number of rotatable bonds is 8. The lowest BCUT2D eigenvalue weighted by molar-refractivity contribution is -0.120. The molecule has 2 aromatic rings. The van der Waals surface area contributed by atoms with Gasteiger partial charge in [-0.25, -0.2) is 8.42 Å². The summed E-state index contributed by atoms with van der Waals surface area (Å²) in [6, 6.07) is 19.3. The third kappa shape index (κ3) is 5.85. The van der Waals surface area contributed by atoms with Crippen LogP contribution in [0, 0.1) is 0 Å². The highest BCUT2D eigenvalue weighted by Gasteiger charge is 2.26. The lowest BCUT2D eigenvalue weighted by Crippen LogP contribution is -2.40. The molecule has 0 saturated carbocycles. The quantitative estimate of drug-likeness (QED) is 0.773. The zero-order chi connectivity index (χ0) is 19.0. The van der Waals surface area contributed by atoms with Crippen molar-refractivity contribution >= 4 is 21.8 Å². The van der Waals surface area contributed by atoms with E-state index in [9.17, 15) is 13.2 Å². The number of carbonyl (C=O) groups is 1. The molecule has 2 rings (SSSR count). The van der Waals surface area contributed by atoms with Gasteiger partial charge in [-0.2, -0.15) is 0 Å². The predicted octanol–water partition coefficient (Wildman–Crippen LogP) is 3.42. The van der Waals surface area contributed by atoms with Gasteiger partial charge >= 0.3 is 0 Å². The van der Waals surface area contributed by atoms with Crippen LogP contribution in [0.1, 0.15) is 30.9 Å². The van der Waals surface area contributed by atoms with Crippen LogP contribution < -0.4 is 5.32 Å². The maximum atomic E-state index is 12.4. The van der Waals surface area contributed by atoms with Gasteiger partial charge in [-0.3, -0.25) is 4.79 Å². The molecule has 1 N–H and O–H groups in total. The number of nitrogens with one attached hydrogen (secondary N) is 1. The summed E-state index contributed by atoms with van der Waals surface area (Å²) in [7, 11) is -3.54. The largest absolute Gasteiger partial charge is 0.354 e. The summed E-state index contributed by atoms with van der Waals surface area (Å²) in [4.78, 5) is 12.2. The van der Waals surface area contributed by atoms with Gasteiger partial charge in [-0.05, 0) is 24.0 Å². The molecular weight excluding hydrogens is 346 g/mol. The smallest absolute Gasteiger partial charge is 0.238 e. The van der Waals surface area contributed by atoms with Gasteiger partial charge in [-0.1, -0.05) is 79.7 Å². The summed E-state index contributed by atoms with van der Waals surface area (Å²) in [5, 5.41) is 1.67. The highest BCUT2D eigenvalue weighted by molar-refractivity contribution is 7.92. The van der Waals surface area contributed by atoms with Gasteiger partial charge in [0.2, 0.25) is 5.91 Å². The number of carbonyl (C=O) groups excluding carboxylic acids is 1. The first-order valence-electron chi connectivity index (χ1n) is 8.66. The van der Waals surface area contributed by atoms with Crippen LogP contribution in [0.5, 0.6) is 0 Å². The number of amides is 1. The number of sulfone groups is 1. The zero-order valence-electron chi connectivity index (χ0n) is 15.1. The Morgan fingerprint density at radius 3 is 2.19 bits per heavy atom. The van der Waals surface area contributed by atoms with Crippen LogP contribution >= 0.6 is 0 Å². The molecule has 0 aromatic heterocycles. The van der Waals surface area contributed by atoms with E-state index in [0.717, 1.165) is 11.1 Å². The van der Waals surface area contributed by atoms with Gasteiger partial charge in [0.1, 0.15) is 5.25 Å². The van der Waals surface area contributed by atoms with Crippen molar-refractivity contribution in [3.63, 3.8) is 0 Å². The van der Waals surface area contributed by atoms with E-state index < -0.39 is 21.0 Å². The standard InChI is InChI=1S/C21H25NO3S/c1-17(20-13-7-4-8-14-20)16-22-21(23)18(2)26(24,25)15-9-12-19-10-5-3-6-11-19/h3-14,17-18H,15-16H2,1-2H3,(H,22,23). The molecule has 0 bridgehead atoms. The Hall–Kier alpha value is -2.40. The molecule has 2 atom stereocenters. The van der Waals surface area contributed by atoms with Crippen LogP contribution in [0.4, 0.5) is 0 Å². The van der Waals surface area contributed by atoms with E-state index in [4.69, 9.17) is 0 Å². The van der Waals surface area contributed by atoms with Crippen molar-refractivity contribution in [2.75, 3.05) is 12.3 Å². The van der Waals surface area contributed by atoms with Crippen molar-refractivity contribution in [1.29, 1.82) is 0 Å². The summed E-state index contributed by atoms with van der Waals surface area (Å²) >= 11 is 0. The zero-order valence-corrected chi connectivity index (χ0v) is 15.9. The predicted molar refractivity (Wildman–Crippen MR) is 107 cm³/mol. The molecule has 0 heterocycles. The molecule has 2 unspecified atom stereocenters. The molecule has 2 aromatic carbocycles. The first kappa shape index (κ1) is 19.9. The van der Waals surface area contributed by atoms with E-state index in [-0.39, 0.29) is 11.7 Å². The Morgan fingerprint density at radius 1 is 1.00 bits per heavy atom. The first-order chi connectivity index (χ1) is 12.4. The molecule has 0 aliphatic heterocycles. The second-order valence-corrected chi connectivity index (χ2v) is 8.71. The Balaban J connectivity index is 1.88. The van der Waals surface area contributed by atoms with Crippen LogP contribution in [0.15, 0.2) is 66.7 Å². The molecule has 0 aliphatic carbocycles. The second-order valence-electron chi connectivity index (χ2n) is 6.34. The summed E-state index contributed by atoms with van der Waals surface area (Å²) in [5.74, 6) is -0.501. The minimum atomic E-state index is -3.54. The van der Waals surface area contributed by atoms with Gasteiger partial charge in [-0.15, -0.1) is 0 Å². The monoisotopic (exact) mass is 371 g/mol. The normalized spacial score (nSPS) is 14.1. The van der Waals surface area contributed by atoms with Crippen molar-refractivity contribution in [1.82, 2.24) is 5.32 Å². The Kier molecular flexibility index (Phi) is 7.16. The number of hydrogen-bond donors (Lipinski definition) is 1. The van der Waals surface area contributed by atoms with Crippen LogP contribution in [-0.2, 0) is 14.6 Å². The van der Waals surface area contributed by atoms with Gasteiger partial charge in [0, 0.05) is 6.54 Å². The highest BCUT2D eigenvalue weighted by atomic mass is 32.2. The third-order valence-corrected chi connectivity index (χ3v) is 6.25. The number of hydrogen-bond acceptors (Lipinski definition) is 3. The fourth-order valence-electron chi connectivity index (χ4n) is 2.49. The van der Waals surface area contributed by atoms with Gasteiger partial charge in [0.15, 0.2) is 9.84 Å².